The number of carboxylic acids is 2. The first-order valence-electron chi connectivity index (χ1n) is 7.99. The molecule has 0 aliphatic rings. The second-order valence-corrected chi connectivity index (χ2v) is 5.43. The summed E-state index contributed by atoms with van der Waals surface area (Å²) in [5.74, 6) is -2.46. The molecule has 0 fully saturated rings. The minimum Gasteiger partial charge on any atom is -0.478 e. The summed E-state index contributed by atoms with van der Waals surface area (Å²) in [7, 11) is 0. The number of benzene rings is 2. The number of hydrogen-bond acceptors (Lipinski definition) is 5. The molecule has 0 aromatic heterocycles. The zero-order valence-electron chi connectivity index (χ0n) is 14.5. The molecule has 2 aromatic carbocycles. The molecule has 2 aromatic rings. The Morgan fingerprint density at radius 1 is 0.808 bits per heavy atom. The van der Waals surface area contributed by atoms with Gasteiger partial charge in [0.15, 0.2) is 0 Å². The van der Waals surface area contributed by atoms with Crippen LogP contribution in [0.2, 0.25) is 0 Å². The van der Waals surface area contributed by atoms with Crippen LogP contribution in [0, 0.1) is 6.92 Å². The fraction of sp³-hybridized carbons (Fsp3) is 0.263. The molecular formula is C19H23NO6. The van der Waals surface area contributed by atoms with Gasteiger partial charge >= 0.3 is 11.9 Å². The number of rotatable bonds is 7. The predicted octanol–water partition coefficient (Wildman–Crippen LogP) is 1.87. The van der Waals surface area contributed by atoms with E-state index in [4.69, 9.17) is 20.4 Å². The molecule has 4 N–H and O–H groups in total. The predicted molar refractivity (Wildman–Crippen MR) is 97.9 cm³/mol. The third-order valence-electron chi connectivity index (χ3n) is 3.53. The van der Waals surface area contributed by atoms with E-state index < -0.39 is 11.9 Å². The summed E-state index contributed by atoms with van der Waals surface area (Å²) in [5.41, 5.74) is 1.87. The third-order valence-corrected chi connectivity index (χ3v) is 3.53. The molecule has 0 aliphatic carbocycles. The lowest BCUT2D eigenvalue weighted by molar-refractivity contribution is 0.0651. The van der Waals surface area contributed by atoms with Gasteiger partial charge in [-0.1, -0.05) is 29.8 Å². The average molecular weight is 361 g/mol. The summed E-state index contributed by atoms with van der Waals surface area (Å²) >= 11 is 0. The highest BCUT2D eigenvalue weighted by atomic mass is 16.4. The van der Waals surface area contributed by atoms with Gasteiger partial charge < -0.3 is 25.3 Å². The Morgan fingerprint density at radius 3 is 1.58 bits per heavy atom. The zero-order chi connectivity index (χ0) is 19.5. The Labute approximate surface area is 151 Å². The molecule has 0 unspecified atom stereocenters. The first-order valence-corrected chi connectivity index (χ1v) is 7.99. The number of carbonyl (C=O) groups is 2. The van der Waals surface area contributed by atoms with E-state index in [2.05, 4.69) is 0 Å². The molecule has 0 bridgehead atoms. The topological polar surface area (TPSA) is 118 Å². The molecular weight excluding hydrogens is 338 g/mol. The number of aliphatic hydroxyl groups is 2. The first kappa shape index (κ1) is 21.1. The van der Waals surface area contributed by atoms with Crippen molar-refractivity contribution in [3.05, 3.63) is 65.2 Å². The molecule has 140 valence electrons. The van der Waals surface area contributed by atoms with Crippen LogP contribution in [0.5, 0.6) is 0 Å². The van der Waals surface area contributed by atoms with E-state index in [-0.39, 0.29) is 24.3 Å². The molecule has 26 heavy (non-hydrogen) atoms. The normalized spacial score (nSPS) is 9.81. The zero-order valence-corrected chi connectivity index (χ0v) is 14.5. The van der Waals surface area contributed by atoms with Gasteiger partial charge in [-0.15, -0.1) is 0 Å². The van der Waals surface area contributed by atoms with Crippen LogP contribution in [-0.4, -0.2) is 58.7 Å². The van der Waals surface area contributed by atoms with E-state index in [1.165, 1.54) is 29.8 Å². The van der Waals surface area contributed by atoms with Gasteiger partial charge in [-0.05, 0) is 31.2 Å². The van der Waals surface area contributed by atoms with Gasteiger partial charge in [-0.25, -0.2) is 9.59 Å². The Bertz CT molecular complexity index is 675. The lowest BCUT2D eigenvalue weighted by Crippen LogP contribution is -2.29. The fourth-order valence-corrected chi connectivity index (χ4v) is 2.22. The highest BCUT2D eigenvalue weighted by Gasteiger charge is 2.13. The maximum absolute atomic E-state index is 10.5. The second-order valence-electron chi connectivity index (χ2n) is 5.43. The molecule has 0 aliphatic heterocycles. The largest absolute Gasteiger partial charge is 0.478 e. The summed E-state index contributed by atoms with van der Waals surface area (Å²) in [6, 6.07) is 13.5. The fourth-order valence-electron chi connectivity index (χ4n) is 2.22. The van der Waals surface area contributed by atoms with E-state index in [1.54, 1.807) is 0 Å². The first-order chi connectivity index (χ1) is 12.4. The number of carboxylic acid groups (broad SMARTS) is 2. The van der Waals surface area contributed by atoms with Gasteiger partial charge in [0.05, 0.1) is 24.3 Å². The van der Waals surface area contributed by atoms with Gasteiger partial charge in [0.25, 0.3) is 0 Å². The van der Waals surface area contributed by atoms with Gasteiger partial charge in [0, 0.05) is 18.8 Å². The number of aryl methyl sites for hydroxylation is 1. The van der Waals surface area contributed by atoms with Crippen LogP contribution in [0.15, 0.2) is 48.5 Å². The van der Waals surface area contributed by atoms with Crippen molar-refractivity contribution in [2.75, 3.05) is 31.2 Å². The average Bonchev–Trinajstić information content (AvgIpc) is 2.62. The molecule has 2 rings (SSSR count). The number of anilines is 1. The molecule has 0 saturated heterocycles. The van der Waals surface area contributed by atoms with Gasteiger partial charge in [0.2, 0.25) is 0 Å². The van der Waals surface area contributed by atoms with E-state index in [0.29, 0.717) is 13.1 Å². The van der Waals surface area contributed by atoms with Crippen molar-refractivity contribution in [2.45, 2.75) is 6.92 Å². The molecule has 0 atom stereocenters. The molecule has 0 saturated carbocycles. The van der Waals surface area contributed by atoms with Crippen LogP contribution in [0.4, 0.5) is 5.69 Å². The minimum atomic E-state index is -1.23. The minimum absolute atomic E-state index is 0.105. The Hall–Kier alpha value is -2.90. The summed E-state index contributed by atoms with van der Waals surface area (Å²) in [5, 5.41) is 34.8. The monoisotopic (exact) mass is 361 g/mol. The summed E-state index contributed by atoms with van der Waals surface area (Å²) < 4.78 is 0. The summed E-state index contributed by atoms with van der Waals surface area (Å²) in [6.45, 7) is 3.36. The maximum atomic E-state index is 10.5. The van der Waals surface area contributed by atoms with Crippen molar-refractivity contribution in [1.82, 2.24) is 0 Å². The standard InChI is InChI=1S/C11H17NO2.C8H6O4/c1-10-2-4-11(5-3-10)12(6-8-13)7-9-14;9-7(10)5-3-1-2-4-6(5)8(11)12/h2-5,13-14H,6-9H2,1H3;1-4H,(H,9,10)(H,11,12). The van der Waals surface area contributed by atoms with Gasteiger partial charge in [0.1, 0.15) is 0 Å². The van der Waals surface area contributed by atoms with Crippen LogP contribution >= 0.6 is 0 Å². The number of aromatic carboxylic acids is 2. The van der Waals surface area contributed by atoms with Crippen molar-refractivity contribution in [2.24, 2.45) is 0 Å². The summed E-state index contributed by atoms with van der Waals surface area (Å²) in [4.78, 5) is 22.9. The quantitative estimate of drug-likeness (QED) is 0.594. The number of hydrogen-bond donors (Lipinski definition) is 4. The Kier molecular flexibility index (Phi) is 8.83. The molecule has 0 radical (unpaired) electrons. The van der Waals surface area contributed by atoms with Crippen LogP contribution < -0.4 is 4.90 Å². The second kappa shape index (κ2) is 10.9. The molecule has 0 heterocycles. The van der Waals surface area contributed by atoms with Crippen molar-refractivity contribution in [3.63, 3.8) is 0 Å². The highest BCUT2D eigenvalue weighted by Crippen LogP contribution is 2.14. The van der Waals surface area contributed by atoms with Crippen molar-refractivity contribution in [3.8, 4) is 0 Å². The molecule has 7 heteroatoms. The number of nitrogens with zero attached hydrogens (tertiary/aromatic N) is 1. The molecule has 0 amide bonds. The van der Waals surface area contributed by atoms with Gasteiger partial charge in [-0.2, -0.15) is 0 Å². The van der Waals surface area contributed by atoms with Crippen molar-refractivity contribution < 1.29 is 30.0 Å². The maximum Gasteiger partial charge on any atom is 0.336 e. The summed E-state index contributed by atoms with van der Waals surface area (Å²) in [6.07, 6.45) is 0. The molecule has 7 nitrogen and oxygen atoms in total. The highest BCUT2D eigenvalue weighted by molar-refractivity contribution is 6.01. The van der Waals surface area contributed by atoms with E-state index in [9.17, 15) is 9.59 Å². The van der Waals surface area contributed by atoms with E-state index >= 15 is 0 Å². The van der Waals surface area contributed by atoms with Crippen molar-refractivity contribution >= 4 is 17.6 Å². The van der Waals surface area contributed by atoms with Crippen molar-refractivity contribution in [1.29, 1.82) is 0 Å². The SMILES string of the molecule is Cc1ccc(N(CCO)CCO)cc1.O=C(O)c1ccccc1C(=O)O. The van der Waals surface area contributed by atoms with Crippen LogP contribution in [0.25, 0.3) is 0 Å². The van der Waals surface area contributed by atoms with Gasteiger partial charge in [-0.3, -0.25) is 0 Å². The van der Waals surface area contributed by atoms with E-state index in [1.807, 2.05) is 36.1 Å². The van der Waals surface area contributed by atoms with Crippen LogP contribution in [-0.2, 0) is 0 Å². The Balaban J connectivity index is 0.000000263. The van der Waals surface area contributed by atoms with E-state index in [0.717, 1.165) is 5.69 Å². The number of aliphatic hydroxyl groups excluding tert-OH is 2. The lowest BCUT2D eigenvalue weighted by atomic mass is 10.1. The smallest absolute Gasteiger partial charge is 0.336 e. The Morgan fingerprint density at radius 2 is 1.23 bits per heavy atom. The molecule has 0 spiro atoms. The lowest BCUT2D eigenvalue weighted by Gasteiger charge is -2.22. The van der Waals surface area contributed by atoms with Crippen LogP contribution in [0.3, 0.4) is 0 Å². The third kappa shape index (κ3) is 6.54. The van der Waals surface area contributed by atoms with Crippen LogP contribution in [0.1, 0.15) is 26.3 Å².